The molecule has 0 aromatic carbocycles. The summed E-state index contributed by atoms with van der Waals surface area (Å²) in [6.07, 6.45) is 2.97. The van der Waals surface area contributed by atoms with E-state index in [1.807, 2.05) is 0 Å². The summed E-state index contributed by atoms with van der Waals surface area (Å²) in [4.78, 5) is 37.3. The Morgan fingerprint density at radius 3 is 2.58 bits per heavy atom. The lowest BCUT2D eigenvalue weighted by molar-refractivity contribution is -0.126. The van der Waals surface area contributed by atoms with Gasteiger partial charge in [-0.2, -0.15) is 0 Å². The highest BCUT2D eigenvalue weighted by molar-refractivity contribution is 5.85. The second-order valence-electron chi connectivity index (χ2n) is 10.9. The third-order valence-corrected chi connectivity index (χ3v) is 7.10. The Bertz CT molecular complexity index is 1120. The van der Waals surface area contributed by atoms with Crippen molar-refractivity contribution in [2.24, 2.45) is 29.2 Å². The predicted octanol–water partition coefficient (Wildman–Crippen LogP) is 1.77. The van der Waals surface area contributed by atoms with Crippen LogP contribution in [-0.4, -0.2) is 69.8 Å². The maximum absolute atomic E-state index is 12.8. The molecule has 2 aromatic heterocycles. The number of hydrogen-bond acceptors (Lipinski definition) is 8. The molecule has 210 valence electrons. The number of nitrogens with zero attached hydrogens (tertiary/aromatic N) is 4. The number of carbonyl (C=O) groups is 3. The Kier molecular flexibility index (Phi) is 9.66. The largest absolute Gasteiger partial charge is 0.443 e. The van der Waals surface area contributed by atoms with Crippen molar-refractivity contribution < 1.29 is 23.9 Å². The first-order valence-electron chi connectivity index (χ1n) is 13.1. The molecule has 3 rings (SSSR count). The first-order chi connectivity index (χ1) is 17.9. The standard InChI is InChI=1S/C26H41N7O5/c1-6-17-10-18(11-17)16(2)13-37-15-20(29-24(35)26(3,4)28)23-31-30-22-9-7-8-19(33(22)23)14-38-25(36)32(5)12-21(27)34/h7-9,16-18,20H,6,10-15,28H2,1-5H3,(H2,27,34)(H,29,35)/t16-,17-,18+,20-/m1/s1. The van der Waals surface area contributed by atoms with E-state index in [-0.39, 0.29) is 25.7 Å². The highest BCUT2D eigenvalue weighted by Crippen LogP contribution is 2.40. The Morgan fingerprint density at radius 1 is 1.24 bits per heavy atom. The van der Waals surface area contributed by atoms with Crippen LogP contribution in [0.2, 0.25) is 0 Å². The summed E-state index contributed by atoms with van der Waals surface area (Å²) in [6.45, 7) is 8.02. The van der Waals surface area contributed by atoms with Crippen molar-refractivity contribution in [1.82, 2.24) is 24.8 Å². The van der Waals surface area contributed by atoms with Crippen molar-refractivity contribution in [3.05, 3.63) is 29.7 Å². The van der Waals surface area contributed by atoms with Crippen LogP contribution in [0.4, 0.5) is 4.79 Å². The molecule has 0 bridgehead atoms. The lowest BCUT2D eigenvalue weighted by Gasteiger charge is -2.38. The molecule has 2 heterocycles. The van der Waals surface area contributed by atoms with Gasteiger partial charge in [0.15, 0.2) is 11.5 Å². The van der Waals surface area contributed by atoms with Crippen molar-refractivity contribution in [3.63, 3.8) is 0 Å². The van der Waals surface area contributed by atoms with Gasteiger partial charge < -0.3 is 31.2 Å². The molecule has 38 heavy (non-hydrogen) atoms. The Labute approximate surface area is 223 Å². The molecule has 12 nitrogen and oxygen atoms in total. The van der Waals surface area contributed by atoms with Crippen molar-refractivity contribution in [2.45, 2.75) is 65.1 Å². The summed E-state index contributed by atoms with van der Waals surface area (Å²) >= 11 is 0. The van der Waals surface area contributed by atoms with Crippen LogP contribution in [0, 0.1) is 17.8 Å². The number of ether oxygens (including phenoxy) is 2. The van der Waals surface area contributed by atoms with Gasteiger partial charge in [0.1, 0.15) is 19.2 Å². The lowest BCUT2D eigenvalue weighted by Crippen LogP contribution is -2.51. The van der Waals surface area contributed by atoms with E-state index in [4.69, 9.17) is 20.9 Å². The molecule has 0 radical (unpaired) electrons. The third-order valence-electron chi connectivity index (χ3n) is 7.10. The zero-order valence-corrected chi connectivity index (χ0v) is 23.0. The van der Waals surface area contributed by atoms with Gasteiger partial charge in [0, 0.05) is 13.7 Å². The summed E-state index contributed by atoms with van der Waals surface area (Å²) in [5, 5.41) is 11.5. The number of likely N-dealkylation sites (N-methyl/N-ethyl adjacent to an activating group) is 1. The molecule has 5 N–H and O–H groups in total. The molecule has 0 aliphatic heterocycles. The number of pyridine rings is 1. The summed E-state index contributed by atoms with van der Waals surface area (Å²) in [5.74, 6) is 1.29. The van der Waals surface area contributed by atoms with Gasteiger partial charge >= 0.3 is 6.09 Å². The van der Waals surface area contributed by atoms with Crippen LogP contribution in [-0.2, 0) is 25.7 Å². The topological polar surface area (TPSA) is 167 Å². The Balaban J connectivity index is 1.78. The molecule has 1 aliphatic rings. The van der Waals surface area contributed by atoms with E-state index in [0.717, 1.165) is 10.8 Å². The SMILES string of the molecule is CC[C@H]1C[C@@H]([C@H](C)COC[C@@H](NC(=O)C(C)(C)N)c2nnc3cccc(COC(=O)N(C)CC(N)=O)n23)C1. The van der Waals surface area contributed by atoms with E-state index >= 15 is 0 Å². The number of carbonyl (C=O) groups excluding carboxylic acids is 3. The fourth-order valence-electron chi connectivity index (χ4n) is 4.53. The number of primary amides is 1. The Hall–Kier alpha value is -3.25. The minimum Gasteiger partial charge on any atom is -0.443 e. The molecule has 0 unspecified atom stereocenters. The number of fused-ring (bicyclic) bond motifs is 1. The summed E-state index contributed by atoms with van der Waals surface area (Å²) in [7, 11) is 1.42. The van der Waals surface area contributed by atoms with E-state index in [0.29, 0.717) is 35.6 Å². The van der Waals surface area contributed by atoms with Crippen LogP contribution in [0.5, 0.6) is 0 Å². The molecular formula is C26H41N7O5. The van der Waals surface area contributed by atoms with Crippen LogP contribution < -0.4 is 16.8 Å². The number of rotatable bonds is 13. The quantitative estimate of drug-likeness (QED) is 0.351. The second kappa shape index (κ2) is 12.5. The molecule has 1 aliphatic carbocycles. The fraction of sp³-hybridized carbons (Fsp3) is 0.654. The monoisotopic (exact) mass is 531 g/mol. The van der Waals surface area contributed by atoms with Gasteiger partial charge in [0.25, 0.3) is 0 Å². The number of nitrogens with two attached hydrogens (primary N) is 2. The molecule has 0 saturated heterocycles. The van der Waals surface area contributed by atoms with Gasteiger partial charge in [0.2, 0.25) is 11.8 Å². The van der Waals surface area contributed by atoms with Crippen LogP contribution in [0.25, 0.3) is 5.65 Å². The van der Waals surface area contributed by atoms with Crippen LogP contribution in [0.15, 0.2) is 18.2 Å². The van der Waals surface area contributed by atoms with Crippen LogP contribution >= 0.6 is 0 Å². The third kappa shape index (κ3) is 7.41. The van der Waals surface area contributed by atoms with E-state index in [9.17, 15) is 14.4 Å². The first-order valence-corrected chi connectivity index (χ1v) is 13.1. The van der Waals surface area contributed by atoms with Crippen LogP contribution in [0.1, 0.15) is 64.5 Å². The van der Waals surface area contributed by atoms with E-state index in [1.54, 1.807) is 36.4 Å². The average molecular weight is 532 g/mol. The van der Waals surface area contributed by atoms with Gasteiger partial charge in [0.05, 0.1) is 17.8 Å². The van der Waals surface area contributed by atoms with Crippen molar-refractivity contribution in [1.29, 1.82) is 0 Å². The van der Waals surface area contributed by atoms with Gasteiger partial charge in [-0.05, 0) is 56.6 Å². The zero-order valence-electron chi connectivity index (χ0n) is 23.0. The maximum atomic E-state index is 12.8. The van der Waals surface area contributed by atoms with Crippen molar-refractivity contribution in [2.75, 3.05) is 26.8 Å². The highest BCUT2D eigenvalue weighted by atomic mass is 16.6. The van der Waals surface area contributed by atoms with Gasteiger partial charge in [-0.1, -0.05) is 26.3 Å². The second-order valence-corrected chi connectivity index (χ2v) is 10.9. The maximum Gasteiger partial charge on any atom is 0.410 e. The van der Waals surface area contributed by atoms with Crippen molar-refractivity contribution >= 4 is 23.6 Å². The average Bonchev–Trinajstić information content (AvgIpc) is 3.24. The van der Waals surface area contributed by atoms with E-state index in [1.165, 1.54) is 26.3 Å². The molecular weight excluding hydrogens is 490 g/mol. The predicted molar refractivity (Wildman–Crippen MR) is 141 cm³/mol. The molecule has 2 atom stereocenters. The zero-order chi connectivity index (χ0) is 28.0. The molecule has 0 spiro atoms. The van der Waals surface area contributed by atoms with Gasteiger partial charge in [-0.15, -0.1) is 10.2 Å². The fourth-order valence-corrected chi connectivity index (χ4v) is 4.53. The Morgan fingerprint density at radius 2 is 1.95 bits per heavy atom. The number of nitrogens with one attached hydrogen (secondary N) is 1. The van der Waals surface area contributed by atoms with Gasteiger partial charge in [-0.25, -0.2) is 4.79 Å². The molecule has 3 amide bonds. The van der Waals surface area contributed by atoms with E-state index in [2.05, 4.69) is 29.4 Å². The number of amides is 3. The minimum absolute atomic E-state index is 0.120. The molecule has 12 heteroatoms. The van der Waals surface area contributed by atoms with Crippen molar-refractivity contribution in [3.8, 4) is 0 Å². The minimum atomic E-state index is -1.11. The molecule has 1 fully saturated rings. The molecule has 2 aromatic rings. The lowest BCUT2D eigenvalue weighted by atomic mass is 9.68. The summed E-state index contributed by atoms with van der Waals surface area (Å²) in [5.41, 5.74) is 11.2. The van der Waals surface area contributed by atoms with E-state index < -0.39 is 23.6 Å². The molecule has 1 saturated carbocycles. The normalized spacial score (nSPS) is 18.9. The van der Waals surface area contributed by atoms with Crippen LogP contribution in [0.3, 0.4) is 0 Å². The highest BCUT2D eigenvalue weighted by Gasteiger charge is 2.33. The smallest absolute Gasteiger partial charge is 0.410 e. The van der Waals surface area contributed by atoms with Gasteiger partial charge in [-0.3, -0.25) is 14.0 Å². The summed E-state index contributed by atoms with van der Waals surface area (Å²) < 4.78 is 13.2. The summed E-state index contributed by atoms with van der Waals surface area (Å²) in [6, 6.07) is 4.64. The number of hydrogen-bond donors (Lipinski definition) is 3. The first kappa shape index (κ1) is 29.3. The number of aromatic nitrogens is 3.